The monoisotopic (exact) mass is 248 g/mol. The molecule has 0 saturated carbocycles. The van der Waals surface area contributed by atoms with Gasteiger partial charge in [-0.2, -0.15) is 0 Å². The predicted octanol–water partition coefficient (Wildman–Crippen LogP) is 2.54. The SMILES string of the molecule is Cc1cc(C)c(C(CC2CCOC2)NN)cc1C. The number of aryl methyl sites for hydroxylation is 3. The zero-order chi connectivity index (χ0) is 13.1. The first-order valence-corrected chi connectivity index (χ1v) is 6.73. The maximum Gasteiger partial charge on any atom is 0.0495 e. The summed E-state index contributed by atoms with van der Waals surface area (Å²) in [6, 6.07) is 4.75. The molecule has 2 unspecified atom stereocenters. The first-order valence-electron chi connectivity index (χ1n) is 6.73. The maximum absolute atomic E-state index is 5.75. The maximum atomic E-state index is 5.75. The van der Waals surface area contributed by atoms with E-state index < -0.39 is 0 Å². The Bertz CT molecular complexity index is 411. The normalized spacial score (nSPS) is 21.2. The summed E-state index contributed by atoms with van der Waals surface area (Å²) in [6.45, 7) is 8.25. The Kier molecular flexibility index (Phi) is 4.38. The summed E-state index contributed by atoms with van der Waals surface area (Å²) in [7, 11) is 0. The number of benzene rings is 1. The molecule has 0 spiro atoms. The molecule has 3 N–H and O–H groups in total. The van der Waals surface area contributed by atoms with E-state index in [1.165, 1.54) is 22.3 Å². The summed E-state index contributed by atoms with van der Waals surface area (Å²) < 4.78 is 5.44. The van der Waals surface area contributed by atoms with Crippen LogP contribution in [0.3, 0.4) is 0 Å². The molecule has 0 radical (unpaired) electrons. The lowest BCUT2D eigenvalue weighted by atomic mass is 9.90. The number of ether oxygens (including phenoxy) is 1. The fraction of sp³-hybridized carbons (Fsp3) is 0.600. The van der Waals surface area contributed by atoms with Gasteiger partial charge in [0.1, 0.15) is 0 Å². The highest BCUT2D eigenvalue weighted by Gasteiger charge is 2.22. The van der Waals surface area contributed by atoms with E-state index >= 15 is 0 Å². The largest absolute Gasteiger partial charge is 0.381 e. The van der Waals surface area contributed by atoms with Crippen molar-refractivity contribution in [1.29, 1.82) is 0 Å². The third-order valence-electron chi connectivity index (χ3n) is 4.05. The van der Waals surface area contributed by atoms with Gasteiger partial charge in [0, 0.05) is 19.3 Å². The molecule has 1 aliphatic rings. The Morgan fingerprint density at radius 3 is 2.61 bits per heavy atom. The zero-order valence-electron chi connectivity index (χ0n) is 11.6. The van der Waals surface area contributed by atoms with Crippen LogP contribution >= 0.6 is 0 Å². The number of hydrazine groups is 1. The molecule has 1 aliphatic heterocycles. The Labute approximate surface area is 110 Å². The van der Waals surface area contributed by atoms with Gasteiger partial charge in [0.2, 0.25) is 0 Å². The zero-order valence-corrected chi connectivity index (χ0v) is 11.6. The molecular weight excluding hydrogens is 224 g/mol. The van der Waals surface area contributed by atoms with Crippen molar-refractivity contribution < 1.29 is 4.74 Å². The molecule has 3 heteroatoms. The lowest BCUT2D eigenvalue weighted by molar-refractivity contribution is 0.181. The van der Waals surface area contributed by atoms with Crippen LogP contribution < -0.4 is 11.3 Å². The molecule has 1 aromatic rings. The topological polar surface area (TPSA) is 47.3 Å². The molecule has 18 heavy (non-hydrogen) atoms. The number of nitrogens with one attached hydrogen (secondary N) is 1. The quantitative estimate of drug-likeness (QED) is 0.636. The summed E-state index contributed by atoms with van der Waals surface area (Å²) >= 11 is 0. The Morgan fingerprint density at radius 1 is 1.28 bits per heavy atom. The number of rotatable bonds is 4. The van der Waals surface area contributed by atoms with Crippen molar-refractivity contribution in [2.75, 3.05) is 13.2 Å². The molecule has 1 fully saturated rings. The smallest absolute Gasteiger partial charge is 0.0495 e. The second kappa shape index (κ2) is 5.83. The Hall–Kier alpha value is -0.900. The third kappa shape index (κ3) is 2.91. The Morgan fingerprint density at radius 2 is 2.00 bits per heavy atom. The van der Waals surface area contributed by atoms with Crippen LogP contribution in [0, 0.1) is 26.7 Å². The van der Waals surface area contributed by atoms with Crippen molar-refractivity contribution in [2.24, 2.45) is 11.8 Å². The van der Waals surface area contributed by atoms with Crippen molar-refractivity contribution >= 4 is 0 Å². The third-order valence-corrected chi connectivity index (χ3v) is 4.05. The van der Waals surface area contributed by atoms with Crippen LogP contribution in [0.2, 0.25) is 0 Å². The molecule has 1 aromatic carbocycles. The van der Waals surface area contributed by atoms with Gasteiger partial charge in [0.15, 0.2) is 0 Å². The van der Waals surface area contributed by atoms with E-state index in [-0.39, 0.29) is 6.04 Å². The van der Waals surface area contributed by atoms with Gasteiger partial charge < -0.3 is 4.74 Å². The van der Waals surface area contributed by atoms with Gasteiger partial charge in [-0.1, -0.05) is 12.1 Å². The van der Waals surface area contributed by atoms with Gasteiger partial charge in [0.25, 0.3) is 0 Å². The average Bonchev–Trinajstić information content (AvgIpc) is 2.84. The van der Waals surface area contributed by atoms with Gasteiger partial charge in [-0.3, -0.25) is 11.3 Å². The van der Waals surface area contributed by atoms with E-state index in [0.29, 0.717) is 5.92 Å². The van der Waals surface area contributed by atoms with E-state index in [1.807, 2.05) is 0 Å². The standard InChI is InChI=1S/C15H24N2O/c1-10-6-12(3)14(7-11(10)2)15(17-16)8-13-4-5-18-9-13/h6-7,13,15,17H,4-5,8-9,16H2,1-3H3. The molecule has 0 bridgehead atoms. The fourth-order valence-corrected chi connectivity index (χ4v) is 2.75. The van der Waals surface area contributed by atoms with Crippen LogP contribution in [0.5, 0.6) is 0 Å². The lowest BCUT2D eigenvalue weighted by Crippen LogP contribution is -2.30. The van der Waals surface area contributed by atoms with E-state index in [0.717, 1.165) is 26.1 Å². The van der Waals surface area contributed by atoms with Gasteiger partial charge in [-0.15, -0.1) is 0 Å². The minimum absolute atomic E-state index is 0.232. The molecule has 1 heterocycles. The second-order valence-electron chi connectivity index (χ2n) is 5.48. The minimum Gasteiger partial charge on any atom is -0.381 e. The number of hydrogen-bond acceptors (Lipinski definition) is 3. The van der Waals surface area contributed by atoms with Crippen LogP contribution in [-0.4, -0.2) is 13.2 Å². The molecule has 3 nitrogen and oxygen atoms in total. The van der Waals surface area contributed by atoms with Crippen molar-refractivity contribution in [3.63, 3.8) is 0 Å². The summed E-state index contributed by atoms with van der Waals surface area (Å²) in [5.41, 5.74) is 8.30. The summed E-state index contributed by atoms with van der Waals surface area (Å²) in [4.78, 5) is 0. The minimum atomic E-state index is 0.232. The molecule has 100 valence electrons. The van der Waals surface area contributed by atoms with Crippen LogP contribution in [0.1, 0.15) is 41.1 Å². The second-order valence-corrected chi connectivity index (χ2v) is 5.48. The molecule has 0 amide bonds. The molecule has 0 aliphatic carbocycles. The lowest BCUT2D eigenvalue weighted by Gasteiger charge is -2.22. The highest BCUT2D eigenvalue weighted by atomic mass is 16.5. The molecule has 2 atom stereocenters. The highest BCUT2D eigenvalue weighted by molar-refractivity contribution is 5.38. The van der Waals surface area contributed by atoms with E-state index in [1.54, 1.807) is 0 Å². The molecular formula is C15H24N2O. The van der Waals surface area contributed by atoms with Gasteiger partial charge in [-0.05, 0) is 61.8 Å². The van der Waals surface area contributed by atoms with Crippen LogP contribution in [0.15, 0.2) is 12.1 Å². The van der Waals surface area contributed by atoms with Crippen molar-refractivity contribution in [3.8, 4) is 0 Å². The average molecular weight is 248 g/mol. The Balaban J connectivity index is 2.18. The van der Waals surface area contributed by atoms with Crippen molar-refractivity contribution in [1.82, 2.24) is 5.43 Å². The molecule has 1 saturated heterocycles. The molecule has 2 rings (SSSR count). The fourth-order valence-electron chi connectivity index (χ4n) is 2.75. The van der Waals surface area contributed by atoms with E-state index in [2.05, 4.69) is 38.3 Å². The van der Waals surface area contributed by atoms with E-state index in [9.17, 15) is 0 Å². The first-order chi connectivity index (χ1) is 8.61. The number of nitrogens with two attached hydrogens (primary N) is 1. The van der Waals surface area contributed by atoms with Crippen LogP contribution in [-0.2, 0) is 4.74 Å². The van der Waals surface area contributed by atoms with E-state index in [4.69, 9.17) is 10.6 Å². The van der Waals surface area contributed by atoms with Gasteiger partial charge in [0.05, 0.1) is 0 Å². The van der Waals surface area contributed by atoms with Crippen molar-refractivity contribution in [2.45, 2.75) is 39.7 Å². The molecule has 0 aromatic heterocycles. The highest BCUT2D eigenvalue weighted by Crippen LogP contribution is 2.29. The summed E-state index contributed by atoms with van der Waals surface area (Å²) in [6.07, 6.45) is 2.21. The van der Waals surface area contributed by atoms with Crippen LogP contribution in [0.4, 0.5) is 0 Å². The van der Waals surface area contributed by atoms with Crippen LogP contribution in [0.25, 0.3) is 0 Å². The van der Waals surface area contributed by atoms with Gasteiger partial charge in [-0.25, -0.2) is 0 Å². The van der Waals surface area contributed by atoms with Crippen molar-refractivity contribution in [3.05, 3.63) is 34.4 Å². The first kappa shape index (κ1) is 13.5. The number of hydrogen-bond donors (Lipinski definition) is 2. The summed E-state index contributed by atoms with van der Waals surface area (Å²) in [5, 5.41) is 0. The summed E-state index contributed by atoms with van der Waals surface area (Å²) in [5.74, 6) is 6.38. The van der Waals surface area contributed by atoms with Gasteiger partial charge >= 0.3 is 0 Å². The predicted molar refractivity (Wildman–Crippen MR) is 74.3 cm³/mol.